The van der Waals surface area contributed by atoms with E-state index < -0.39 is 0 Å². The monoisotopic (exact) mass is 263 g/mol. The quantitative estimate of drug-likeness (QED) is 0.823. The molecule has 18 heavy (non-hydrogen) atoms. The summed E-state index contributed by atoms with van der Waals surface area (Å²) in [7, 11) is 0. The van der Waals surface area contributed by atoms with Crippen molar-refractivity contribution < 1.29 is 0 Å². The SMILES string of the molecule is Cc1ccc(C(N)=S)c(NC2CCC(C)CC2)n1. The van der Waals surface area contributed by atoms with Crippen molar-refractivity contribution in [3.63, 3.8) is 0 Å². The van der Waals surface area contributed by atoms with E-state index in [0.29, 0.717) is 11.0 Å². The highest BCUT2D eigenvalue weighted by Crippen LogP contribution is 2.26. The third-order valence-electron chi connectivity index (χ3n) is 3.66. The molecule has 0 unspecified atom stereocenters. The molecule has 1 aromatic rings. The van der Waals surface area contributed by atoms with E-state index in [1.54, 1.807) is 0 Å². The van der Waals surface area contributed by atoms with E-state index in [1.807, 2.05) is 19.1 Å². The van der Waals surface area contributed by atoms with Crippen LogP contribution in [0.15, 0.2) is 12.1 Å². The average Bonchev–Trinajstić information content (AvgIpc) is 2.32. The molecule has 0 aromatic carbocycles. The number of hydrogen-bond donors (Lipinski definition) is 2. The van der Waals surface area contributed by atoms with E-state index in [-0.39, 0.29) is 0 Å². The molecule has 0 spiro atoms. The molecule has 1 aromatic heterocycles. The first-order valence-corrected chi connectivity index (χ1v) is 7.01. The molecule has 3 nitrogen and oxygen atoms in total. The van der Waals surface area contributed by atoms with Gasteiger partial charge in [0.25, 0.3) is 0 Å². The number of nitrogens with one attached hydrogen (secondary N) is 1. The number of aryl methyl sites for hydroxylation is 1. The third kappa shape index (κ3) is 3.19. The summed E-state index contributed by atoms with van der Waals surface area (Å²) >= 11 is 5.08. The summed E-state index contributed by atoms with van der Waals surface area (Å²) in [6.45, 7) is 4.30. The van der Waals surface area contributed by atoms with E-state index in [9.17, 15) is 0 Å². The molecule has 1 saturated carbocycles. The first kappa shape index (κ1) is 13.3. The fourth-order valence-corrected chi connectivity index (χ4v) is 2.63. The Balaban J connectivity index is 2.12. The van der Waals surface area contributed by atoms with Crippen LogP contribution < -0.4 is 11.1 Å². The van der Waals surface area contributed by atoms with Crippen LogP contribution in [0.2, 0.25) is 0 Å². The van der Waals surface area contributed by atoms with Crippen molar-refractivity contribution in [2.75, 3.05) is 5.32 Å². The van der Waals surface area contributed by atoms with Crippen LogP contribution >= 0.6 is 12.2 Å². The molecule has 4 heteroatoms. The number of anilines is 1. The highest BCUT2D eigenvalue weighted by Gasteiger charge is 2.19. The molecule has 3 N–H and O–H groups in total. The van der Waals surface area contributed by atoms with Gasteiger partial charge in [0.15, 0.2) is 0 Å². The van der Waals surface area contributed by atoms with Gasteiger partial charge in [0.1, 0.15) is 10.8 Å². The predicted molar refractivity (Wildman–Crippen MR) is 79.9 cm³/mol. The van der Waals surface area contributed by atoms with E-state index in [4.69, 9.17) is 18.0 Å². The van der Waals surface area contributed by atoms with E-state index in [2.05, 4.69) is 17.2 Å². The first-order chi connectivity index (χ1) is 8.56. The molecule has 1 aliphatic carbocycles. The molecule has 0 bridgehead atoms. The smallest absolute Gasteiger partial charge is 0.136 e. The van der Waals surface area contributed by atoms with Gasteiger partial charge in [-0.2, -0.15) is 0 Å². The molecule has 98 valence electrons. The maximum absolute atomic E-state index is 5.74. The topological polar surface area (TPSA) is 50.9 Å². The zero-order valence-electron chi connectivity index (χ0n) is 11.1. The summed E-state index contributed by atoms with van der Waals surface area (Å²) in [6, 6.07) is 4.41. The van der Waals surface area contributed by atoms with Gasteiger partial charge in [-0.05, 0) is 50.7 Å². The lowest BCUT2D eigenvalue weighted by Gasteiger charge is -2.28. The Hall–Kier alpha value is -1.16. The van der Waals surface area contributed by atoms with Crippen molar-refractivity contribution in [3.8, 4) is 0 Å². The molecule has 0 aliphatic heterocycles. The third-order valence-corrected chi connectivity index (χ3v) is 3.88. The molecule has 0 radical (unpaired) electrons. The van der Waals surface area contributed by atoms with Gasteiger partial charge in [0, 0.05) is 11.7 Å². The number of thiocarbonyl (C=S) groups is 1. The average molecular weight is 263 g/mol. The lowest BCUT2D eigenvalue weighted by Crippen LogP contribution is -2.27. The second-order valence-electron chi connectivity index (χ2n) is 5.31. The van der Waals surface area contributed by atoms with Crippen LogP contribution in [0.5, 0.6) is 0 Å². The molecular formula is C14H21N3S. The Kier molecular flexibility index (Phi) is 4.17. The first-order valence-electron chi connectivity index (χ1n) is 6.60. The molecule has 0 atom stereocenters. The van der Waals surface area contributed by atoms with Crippen molar-refractivity contribution in [3.05, 3.63) is 23.4 Å². The van der Waals surface area contributed by atoms with E-state index in [0.717, 1.165) is 23.0 Å². The van der Waals surface area contributed by atoms with Gasteiger partial charge in [-0.25, -0.2) is 4.98 Å². The fraction of sp³-hybridized carbons (Fsp3) is 0.571. The molecular weight excluding hydrogens is 242 g/mol. The van der Waals surface area contributed by atoms with Crippen LogP contribution in [0.1, 0.15) is 43.9 Å². The van der Waals surface area contributed by atoms with Crippen LogP contribution in [-0.2, 0) is 0 Å². The van der Waals surface area contributed by atoms with Crippen LogP contribution in [0, 0.1) is 12.8 Å². The Morgan fingerprint density at radius 1 is 1.33 bits per heavy atom. The van der Waals surface area contributed by atoms with Gasteiger partial charge in [0.2, 0.25) is 0 Å². The second-order valence-corrected chi connectivity index (χ2v) is 5.75. The molecule has 0 saturated heterocycles. The largest absolute Gasteiger partial charge is 0.389 e. The number of pyridine rings is 1. The summed E-state index contributed by atoms with van der Waals surface area (Å²) in [5.74, 6) is 1.70. The van der Waals surface area contributed by atoms with Gasteiger partial charge in [-0.1, -0.05) is 19.1 Å². The van der Waals surface area contributed by atoms with E-state index >= 15 is 0 Å². The van der Waals surface area contributed by atoms with Crippen LogP contribution in [0.25, 0.3) is 0 Å². The molecule has 0 amide bonds. The number of aromatic nitrogens is 1. The number of hydrogen-bond acceptors (Lipinski definition) is 3. The standard InChI is InChI=1S/C14H21N3S/c1-9-3-6-11(7-4-9)17-14-12(13(15)18)8-5-10(2)16-14/h5,8-9,11H,3-4,6-7H2,1-2H3,(H2,15,18)(H,16,17). The summed E-state index contributed by atoms with van der Waals surface area (Å²) in [6.07, 6.45) is 4.97. The normalized spacial score (nSPS) is 23.7. The number of rotatable bonds is 3. The molecule has 1 fully saturated rings. The minimum Gasteiger partial charge on any atom is -0.389 e. The van der Waals surface area contributed by atoms with Crippen molar-refractivity contribution >= 4 is 23.0 Å². The zero-order chi connectivity index (χ0) is 13.1. The lowest BCUT2D eigenvalue weighted by molar-refractivity contribution is 0.361. The summed E-state index contributed by atoms with van der Waals surface area (Å²) < 4.78 is 0. The van der Waals surface area contributed by atoms with Crippen LogP contribution in [0.3, 0.4) is 0 Å². The number of nitrogens with zero attached hydrogens (tertiary/aromatic N) is 1. The Morgan fingerprint density at radius 3 is 2.61 bits per heavy atom. The zero-order valence-corrected chi connectivity index (χ0v) is 11.9. The van der Waals surface area contributed by atoms with Crippen molar-refractivity contribution in [2.24, 2.45) is 11.7 Å². The Morgan fingerprint density at radius 2 is 2.00 bits per heavy atom. The summed E-state index contributed by atoms with van der Waals surface area (Å²) in [5, 5.41) is 3.51. The summed E-state index contributed by atoms with van der Waals surface area (Å²) in [4.78, 5) is 4.94. The highest BCUT2D eigenvalue weighted by atomic mass is 32.1. The predicted octanol–water partition coefficient (Wildman–Crippen LogP) is 3.01. The maximum Gasteiger partial charge on any atom is 0.136 e. The number of nitrogens with two attached hydrogens (primary N) is 1. The highest BCUT2D eigenvalue weighted by molar-refractivity contribution is 7.80. The van der Waals surface area contributed by atoms with Gasteiger partial charge < -0.3 is 11.1 Å². The van der Waals surface area contributed by atoms with Gasteiger partial charge in [-0.15, -0.1) is 0 Å². The van der Waals surface area contributed by atoms with Gasteiger partial charge >= 0.3 is 0 Å². The van der Waals surface area contributed by atoms with Crippen LogP contribution in [-0.4, -0.2) is 16.0 Å². The lowest BCUT2D eigenvalue weighted by atomic mass is 9.87. The molecule has 1 aliphatic rings. The minimum atomic E-state index is 0.411. The fourth-order valence-electron chi connectivity index (χ4n) is 2.46. The van der Waals surface area contributed by atoms with Crippen LogP contribution in [0.4, 0.5) is 5.82 Å². The molecule has 1 heterocycles. The van der Waals surface area contributed by atoms with Crippen molar-refractivity contribution in [2.45, 2.75) is 45.6 Å². The minimum absolute atomic E-state index is 0.411. The Bertz CT molecular complexity index is 437. The second kappa shape index (κ2) is 5.65. The Labute approximate surface area is 114 Å². The van der Waals surface area contributed by atoms with Gasteiger partial charge in [0.05, 0.1) is 5.56 Å². The van der Waals surface area contributed by atoms with Crippen molar-refractivity contribution in [1.82, 2.24) is 4.98 Å². The maximum atomic E-state index is 5.74. The van der Waals surface area contributed by atoms with Gasteiger partial charge in [-0.3, -0.25) is 0 Å². The van der Waals surface area contributed by atoms with E-state index in [1.165, 1.54) is 25.7 Å². The molecule has 2 rings (SSSR count). The summed E-state index contributed by atoms with van der Waals surface area (Å²) in [5.41, 5.74) is 7.59. The van der Waals surface area contributed by atoms with Crippen molar-refractivity contribution in [1.29, 1.82) is 0 Å².